The number of nitrogens with two attached hydrogens (primary N) is 1. The highest BCUT2D eigenvalue weighted by Gasteiger charge is 2.23. The zero-order valence-electron chi connectivity index (χ0n) is 12.8. The van der Waals surface area contributed by atoms with Gasteiger partial charge in [0.2, 0.25) is 5.91 Å². The van der Waals surface area contributed by atoms with Gasteiger partial charge in [0.25, 0.3) is 0 Å². The lowest BCUT2D eigenvalue weighted by Crippen LogP contribution is -2.26. The molecule has 2 saturated carbocycles. The van der Waals surface area contributed by atoms with E-state index in [0.717, 1.165) is 50.4 Å². The minimum atomic E-state index is -0.605. The van der Waals surface area contributed by atoms with Crippen molar-refractivity contribution in [1.29, 1.82) is 0 Å². The standard InChI is InChI=1S/C8H15NO.C8H14O2/c2*1-6-2-4-7(5-3-6)8(9)10/h6-7H,2-5H2,1H3,(H2,9,10);6-7H,2-5H2,1H3,(H,9,10). The molecule has 0 aromatic rings. The molecular weight excluding hydrogens is 254 g/mol. The Labute approximate surface area is 122 Å². The second-order valence-electron chi connectivity index (χ2n) is 6.65. The first-order valence-corrected chi connectivity index (χ1v) is 7.92. The van der Waals surface area contributed by atoms with E-state index < -0.39 is 5.97 Å². The molecule has 0 aromatic carbocycles. The third-order valence-corrected chi connectivity index (χ3v) is 4.78. The van der Waals surface area contributed by atoms with Crippen LogP contribution < -0.4 is 5.73 Å². The summed E-state index contributed by atoms with van der Waals surface area (Å²) in [6, 6.07) is 0. The molecule has 0 saturated heterocycles. The average Bonchev–Trinajstić information content (AvgIpc) is 2.40. The van der Waals surface area contributed by atoms with Gasteiger partial charge in [-0.3, -0.25) is 9.59 Å². The lowest BCUT2D eigenvalue weighted by Gasteiger charge is -2.23. The molecule has 0 radical (unpaired) electrons. The Morgan fingerprint density at radius 3 is 1.45 bits per heavy atom. The molecule has 2 fully saturated rings. The molecule has 0 heterocycles. The van der Waals surface area contributed by atoms with Gasteiger partial charge in [0.15, 0.2) is 0 Å². The maximum Gasteiger partial charge on any atom is 0.306 e. The van der Waals surface area contributed by atoms with Gasteiger partial charge < -0.3 is 10.8 Å². The zero-order chi connectivity index (χ0) is 15.1. The Kier molecular flexibility index (Phi) is 7.03. The summed E-state index contributed by atoms with van der Waals surface area (Å²) < 4.78 is 0. The maximum atomic E-state index is 10.7. The summed E-state index contributed by atoms with van der Waals surface area (Å²) in [5.74, 6) is 0.970. The molecule has 0 bridgehead atoms. The van der Waals surface area contributed by atoms with Gasteiger partial charge in [0.05, 0.1) is 5.92 Å². The van der Waals surface area contributed by atoms with E-state index in [4.69, 9.17) is 10.8 Å². The van der Waals surface area contributed by atoms with Crippen LogP contribution in [-0.4, -0.2) is 17.0 Å². The number of carbonyl (C=O) groups excluding carboxylic acids is 1. The van der Waals surface area contributed by atoms with Crippen LogP contribution in [0.4, 0.5) is 0 Å². The SMILES string of the molecule is CC1CCC(C(=O)O)CC1.CC1CCC(C(N)=O)CC1. The van der Waals surface area contributed by atoms with Crippen LogP contribution in [0.2, 0.25) is 0 Å². The molecule has 20 heavy (non-hydrogen) atoms. The molecule has 4 heteroatoms. The number of amides is 1. The van der Waals surface area contributed by atoms with Crippen LogP contribution in [0.15, 0.2) is 0 Å². The van der Waals surface area contributed by atoms with Crippen LogP contribution >= 0.6 is 0 Å². The fourth-order valence-electron chi connectivity index (χ4n) is 3.05. The molecule has 4 nitrogen and oxygen atoms in total. The summed E-state index contributed by atoms with van der Waals surface area (Å²) in [5.41, 5.74) is 5.17. The molecule has 0 aliphatic heterocycles. The third kappa shape index (κ3) is 5.93. The minimum Gasteiger partial charge on any atom is -0.481 e. The monoisotopic (exact) mass is 283 g/mol. The summed E-state index contributed by atoms with van der Waals surface area (Å²) in [4.78, 5) is 21.1. The fraction of sp³-hybridized carbons (Fsp3) is 0.875. The van der Waals surface area contributed by atoms with Crippen molar-refractivity contribution in [2.24, 2.45) is 29.4 Å². The van der Waals surface area contributed by atoms with Gasteiger partial charge in [-0.2, -0.15) is 0 Å². The highest BCUT2D eigenvalue weighted by atomic mass is 16.4. The lowest BCUT2D eigenvalue weighted by molar-refractivity contribution is -0.143. The van der Waals surface area contributed by atoms with Crippen LogP contribution in [0.3, 0.4) is 0 Å². The molecular formula is C16H29NO3. The van der Waals surface area contributed by atoms with Crippen LogP contribution in [0.1, 0.15) is 65.2 Å². The highest BCUT2D eigenvalue weighted by molar-refractivity contribution is 5.76. The van der Waals surface area contributed by atoms with E-state index in [0.29, 0.717) is 0 Å². The van der Waals surface area contributed by atoms with E-state index in [1.54, 1.807) is 0 Å². The lowest BCUT2D eigenvalue weighted by atomic mass is 9.83. The van der Waals surface area contributed by atoms with Crippen molar-refractivity contribution in [3.8, 4) is 0 Å². The Balaban J connectivity index is 0.000000200. The fourth-order valence-corrected chi connectivity index (χ4v) is 3.05. The van der Waals surface area contributed by atoms with Gasteiger partial charge in [-0.05, 0) is 63.2 Å². The molecule has 116 valence electrons. The largest absolute Gasteiger partial charge is 0.481 e. The van der Waals surface area contributed by atoms with Crippen molar-refractivity contribution < 1.29 is 14.7 Å². The number of rotatable bonds is 2. The minimum absolute atomic E-state index is 0.0452. The van der Waals surface area contributed by atoms with E-state index in [1.807, 2.05) is 0 Å². The van der Waals surface area contributed by atoms with E-state index in [1.165, 1.54) is 12.8 Å². The maximum absolute atomic E-state index is 10.7. The predicted molar refractivity (Wildman–Crippen MR) is 79.1 cm³/mol. The quantitative estimate of drug-likeness (QED) is 0.816. The van der Waals surface area contributed by atoms with Crippen molar-refractivity contribution >= 4 is 11.9 Å². The second kappa shape index (κ2) is 8.28. The summed E-state index contributed by atoms with van der Waals surface area (Å²) in [7, 11) is 0. The van der Waals surface area contributed by atoms with Gasteiger partial charge in [-0.1, -0.05) is 13.8 Å². The number of aliphatic carboxylic acids is 1. The molecule has 1 amide bonds. The Morgan fingerprint density at radius 2 is 1.15 bits per heavy atom. The molecule has 0 aromatic heterocycles. The van der Waals surface area contributed by atoms with Gasteiger partial charge in [0.1, 0.15) is 0 Å². The summed E-state index contributed by atoms with van der Waals surface area (Å²) in [6.45, 7) is 4.43. The van der Waals surface area contributed by atoms with Crippen molar-refractivity contribution in [1.82, 2.24) is 0 Å². The van der Waals surface area contributed by atoms with Crippen molar-refractivity contribution in [2.45, 2.75) is 65.2 Å². The Hall–Kier alpha value is -1.06. The van der Waals surface area contributed by atoms with Gasteiger partial charge in [-0.25, -0.2) is 0 Å². The van der Waals surface area contributed by atoms with Crippen LogP contribution in [0, 0.1) is 23.7 Å². The summed E-state index contributed by atoms with van der Waals surface area (Å²) in [6.07, 6.45) is 8.33. The molecule has 0 spiro atoms. The van der Waals surface area contributed by atoms with Gasteiger partial charge in [0, 0.05) is 5.92 Å². The first kappa shape index (κ1) is 17.0. The molecule has 2 aliphatic carbocycles. The van der Waals surface area contributed by atoms with E-state index in [9.17, 15) is 9.59 Å². The average molecular weight is 283 g/mol. The van der Waals surface area contributed by atoms with Crippen LogP contribution in [-0.2, 0) is 9.59 Å². The van der Waals surface area contributed by atoms with Crippen molar-refractivity contribution in [3.05, 3.63) is 0 Å². The second-order valence-corrected chi connectivity index (χ2v) is 6.65. The van der Waals surface area contributed by atoms with Crippen LogP contribution in [0.25, 0.3) is 0 Å². The molecule has 0 atom stereocenters. The van der Waals surface area contributed by atoms with E-state index in [-0.39, 0.29) is 17.7 Å². The topological polar surface area (TPSA) is 80.4 Å². The first-order valence-electron chi connectivity index (χ1n) is 7.92. The number of carbonyl (C=O) groups is 2. The molecule has 2 aliphatic rings. The number of primary amides is 1. The predicted octanol–water partition coefficient (Wildman–Crippen LogP) is 3.20. The molecule has 0 unspecified atom stereocenters. The first-order chi connectivity index (χ1) is 9.40. The normalized spacial score (nSPS) is 33.7. The van der Waals surface area contributed by atoms with Crippen molar-refractivity contribution in [2.75, 3.05) is 0 Å². The Bertz CT molecular complexity index is 282. The highest BCUT2D eigenvalue weighted by Crippen LogP contribution is 2.28. The third-order valence-electron chi connectivity index (χ3n) is 4.78. The Morgan fingerprint density at radius 1 is 0.800 bits per heavy atom. The summed E-state index contributed by atoms with van der Waals surface area (Å²) >= 11 is 0. The van der Waals surface area contributed by atoms with Crippen molar-refractivity contribution in [3.63, 3.8) is 0 Å². The van der Waals surface area contributed by atoms with Crippen LogP contribution in [0.5, 0.6) is 0 Å². The number of carboxylic acid groups (broad SMARTS) is 1. The van der Waals surface area contributed by atoms with E-state index in [2.05, 4.69) is 13.8 Å². The molecule has 3 N–H and O–H groups in total. The number of carboxylic acids is 1. The smallest absolute Gasteiger partial charge is 0.306 e. The van der Waals surface area contributed by atoms with Gasteiger partial charge >= 0.3 is 5.97 Å². The zero-order valence-corrected chi connectivity index (χ0v) is 12.8. The van der Waals surface area contributed by atoms with E-state index >= 15 is 0 Å². The van der Waals surface area contributed by atoms with Gasteiger partial charge in [-0.15, -0.1) is 0 Å². The number of hydrogen-bond donors (Lipinski definition) is 2. The molecule has 2 rings (SSSR count). The summed E-state index contributed by atoms with van der Waals surface area (Å²) in [5, 5.41) is 8.62. The number of hydrogen-bond acceptors (Lipinski definition) is 2.